The Morgan fingerprint density at radius 1 is 1.37 bits per heavy atom. The molecule has 0 aliphatic rings. The second-order valence-electron chi connectivity index (χ2n) is 4.16. The Bertz CT molecular complexity index is 622. The maximum atomic E-state index is 12.0. The van der Waals surface area contributed by atoms with E-state index in [1.54, 1.807) is 4.68 Å². The molecule has 2 aromatic rings. The van der Waals surface area contributed by atoms with Gasteiger partial charge in [0, 0.05) is 13.1 Å². The van der Waals surface area contributed by atoms with Crippen LogP contribution in [0.1, 0.15) is 16.1 Å². The molecule has 19 heavy (non-hydrogen) atoms. The Labute approximate surface area is 114 Å². The molecule has 0 spiro atoms. The number of thioether (sulfide) groups is 1. The number of hydrogen-bond donors (Lipinski definition) is 2. The number of carbonyl (C=O) groups is 1. The lowest BCUT2D eigenvalue weighted by Gasteiger charge is -2.04. The fraction of sp³-hybridized carbons (Fsp3) is 0.231. The van der Waals surface area contributed by atoms with Crippen molar-refractivity contribution in [2.75, 3.05) is 5.75 Å². The zero-order chi connectivity index (χ0) is 14.0. The Kier molecular flexibility index (Phi) is 3.80. The molecule has 5 nitrogen and oxygen atoms in total. The number of aryl methyl sites for hydroxylation is 2. The van der Waals surface area contributed by atoms with Gasteiger partial charge in [-0.15, -0.1) is 0 Å². The molecule has 100 valence electrons. The second-order valence-corrected chi connectivity index (χ2v) is 5.16. The monoisotopic (exact) mass is 278 g/mol. The Morgan fingerprint density at radius 2 is 2.11 bits per heavy atom. The third-order valence-corrected chi connectivity index (χ3v) is 3.68. The number of aromatic nitrogens is 2. The van der Waals surface area contributed by atoms with E-state index in [0.717, 1.165) is 16.8 Å². The van der Waals surface area contributed by atoms with Crippen LogP contribution in [0, 0.1) is 6.92 Å². The number of benzene rings is 1. The molecule has 0 aliphatic heterocycles. The first-order valence-corrected chi connectivity index (χ1v) is 6.64. The fourth-order valence-electron chi connectivity index (χ4n) is 1.70. The molecule has 1 aromatic carbocycles. The smallest absolute Gasteiger partial charge is 0.176 e. The van der Waals surface area contributed by atoms with Crippen molar-refractivity contribution < 1.29 is 15.0 Å². The predicted molar refractivity (Wildman–Crippen MR) is 72.8 cm³/mol. The van der Waals surface area contributed by atoms with Crippen molar-refractivity contribution in [3.63, 3.8) is 0 Å². The van der Waals surface area contributed by atoms with E-state index in [4.69, 9.17) is 0 Å². The van der Waals surface area contributed by atoms with Gasteiger partial charge in [0.25, 0.3) is 0 Å². The fourth-order valence-corrected chi connectivity index (χ4v) is 2.61. The summed E-state index contributed by atoms with van der Waals surface area (Å²) in [5.41, 5.74) is 1.11. The highest BCUT2D eigenvalue weighted by molar-refractivity contribution is 7.99. The third kappa shape index (κ3) is 3.08. The van der Waals surface area contributed by atoms with Crippen molar-refractivity contribution in [1.82, 2.24) is 9.78 Å². The van der Waals surface area contributed by atoms with Gasteiger partial charge in [0.1, 0.15) is 11.5 Å². The minimum Gasteiger partial charge on any atom is -0.508 e. The number of aromatic hydroxyl groups is 2. The van der Waals surface area contributed by atoms with E-state index in [9.17, 15) is 15.0 Å². The van der Waals surface area contributed by atoms with Crippen molar-refractivity contribution >= 4 is 17.5 Å². The van der Waals surface area contributed by atoms with Crippen LogP contribution in [0.15, 0.2) is 29.3 Å². The quantitative estimate of drug-likeness (QED) is 0.662. The van der Waals surface area contributed by atoms with Crippen molar-refractivity contribution in [3.05, 3.63) is 35.5 Å². The Morgan fingerprint density at radius 3 is 2.68 bits per heavy atom. The summed E-state index contributed by atoms with van der Waals surface area (Å²) in [6, 6.07) is 5.86. The molecule has 0 atom stereocenters. The molecular formula is C13H14N2O3S. The summed E-state index contributed by atoms with van der Waals surface area (Å²) >= 11 is 1.36. The Balaban J connectivity index is 2.07. The molecule has 2 rings (SSSR count). The molecule has 0 radical (unpaired) electrons. The van der Waals surface area contributed by atoms with E-state index in [1.807, 2.05) is 20.0 Å². The zero-order valence-electron chi connectivity index (χ0n) is 10.6. The summed E-state index contributed by atoms with van der Waals surface area (Å²) in [7, 11) is 1.82. The number of nitrogens with zero attached hydrogens (tertiary/aromatic N) is 2. The summed E-state index contributed by atoms with van der Waals surface area (Å²) in [5, 5.41) is 23.9. The highest BCUT2D eigenvalue weighted by Crippen LogP contribution is 2.25. The molecule has 0 unspecified atom stereocenters. The maximum absolute atomic E-state index is 12.0. The van der Waals surface area contributed by atoms with Crippen LogP contribution in [-0.2, 0) is 7.05 Å². The van der Waals surface area contributed by atoms with Crippen LogP contribution in [0.25, 0.3) is 0 Å². The topological polar surface area (TPSA) is 75.3 Å². The van der Waals surface area contributed by atoms with Gasteiger partial charge in [0.2, 0.25) is 0 Å². The molecule has 0 bridgehead atoms. The van der Waals surface area contributed by atoms with Gasteiger partial charge >= 0.3 is 0 Å². The summed E-state index contributed by atoms with van der Waals surface area (Å²) in [4.78, 5) is 12.0. The first-order valence-electron chi connectivity index (χ1n) is 5.66. The zero-order valence-corrected chi connectivity index (χ0v) is 11.4. The maximum Gasteiger partial charge on any atom is 0.176 e. The lowest BCUT2D eigenvalue weighted by Crippen LogP contribution is -2.03. The average Bonchev–Trinajstić information content (AvgIpc) is 2.65. The van der Waals surface area contributed by atoms with Crippen LogP contribution in [0.2, 0.25) is 0 Å². The van der Waals surface area contributed by atoms with Gasteiger partial charge in [-0.1, -0.05) is 11.8 Å². The lowest BCUT2D eigenvalue weighted by atomic mass is 10.1. The number of rotatable bonds is 4. The molecule has 6 heteroatoms. The summed E-state index contributed by atoms with van der Waals surface area (Å²) in [6.45, 7) is 1.89. The van der Waals surface area contributed by atoms with Crippen molar-refractivity contribution in [1.29, 1.82) is 0 Å². The first-order chi connectivity index (χ1) is 8.97. The van der Waals surface area contributed by atoms with Crippen LogP contribution >= 0.6 is 11.8 Å². The minimum absolute atomic E-state index is 0.0658. The molecule has 0 saturated carbocycles. The van der Waals surface area contributed by atoms with Crippen LogP contribution in [0.5, 0.6) is 11.5 Å². The molecule has 2 N–H and O–H groups in total. The van der Waals surface area contributed by atoms with E-state index in [1.165, 1.54) is 23.9 Å². The summed E-state index contributed by atoms with van der Waals surface area (Å²) < 4.78 is 1.71. The van der Waals surface area contributed by atoms with Gasteiger partial charge in [-0.2, -0.15) is 5.10 Å². The molecule has 1 aromatic heterocycles. The van der Waals surface area contributed by atoms with Crippen LogP contribution in [0.4, 0.5) is 0 Å². The molecule has 0 fully saturated rings. The van der Waals surface area contributed by atoms with Gasteiger partial charge in [-0.3, -0.25) is 9.48 Å². The van der Waals surface area contributed by atoms with Crippen molar-refractivity contribution in [2.45, 2.75) is 11.9 Å². The van der Waals surface area contributed by atoms with Crippen LogP contribution < -0.4 is 0 Å². The van der Waals surface area contributed by atoms with E-state index in [0.29, 0.717) is 0 Å². The first kappa shape index (κ1) is 13.5. The van der Waals surface area contributed by atoms with Crippen molar-refractivity contribution in [3.8, 4) is 11.5 Å². The number of phenols is 2. The number of hydrogen-bond acceptors (Lipinski definition) is 5. The predicted octanol–water partition coefficient (Wildman–Crippen LogP) is 2.11. The van der Waals surface area contributed by atoms with E-state index in [-0.39, 0.29) is 28.6 Å². The SMILES string of the molecule is Cc1cc(SCC(=O)c2ccc(O)cc2O)n(C)n1. The second kappa shape index (κ2) is 5.36. The van der Waals surface area contributed by atoms with E-state index in [2.05, 4.69) is 5.10 Å². The third-order valence-electron chi connectivity index (χ3n) is 2.59. The minimum atomic E-state index is -0.202. The molecule has 0 aliphatic carbocycles. The number of Topliss-reactive ketones (excluding diaryl/α,β-unsaturated/α-hetero) is 1. The van der Waals surface area contributed by atoms with Gasteiger partial charge < -0.3 is 10.2 Å². The number of carbonyl (C=O) groups excluding carboxylic acids is 1. The average molecular weight is 278 g/mol. The summed E-state index contributed by atoms with van der Waals surface area (Å²) in [5.74, 6) is -0.255. The molecule has 1 heterocycles. The van der Waals surface area contributed by atoms with E-state index >= 15 is 0 Å². The molecular weight excluding hydrogens is 264 g/mol. The standard InChI is InChI=1S/C13H14N2O3S/c1-8-5-13(15(2)14-8)19-7-12(18)10-4-3-9(16)6-11(10)17/h3-6,16-17H,7H2,1-2H3. The lowest BCUT2D eigenvalue weighted by molar-refractivity contribution is 0.102. The number of ketones is 1. The highest BCUT2D eigenvalue weighted by atomic mass is 32.2. The van der Waals surface area contributed by atoms with Gasteiger partial charge in [-0.05, 0) is 25.1 Å². The highest BCUT2D eigenvalue weighted by Gasteiger charge is 2.13. The molecule has 0 saturated heterocycles. The van der Waals surface area contributed by atoms with Crippen LogP contribution in [-0.4, -0.2) is 31.5 Å². The van der Waals surface area contributed by atoms with Gasteiger partial charge in [0.05, 0.1) is 22.0 Å². The van der Waals surface area contributed by atoms with Gasteiger partial charge in [-0.25, -0.2) is 0 Å². The summed E-state index contributed by atoms with van der Waals surface area (Å²) in [6.07, 6.45) is 0. The molecule has 0 amide bonds. The normalized spacial score (nSPS) is 10.6. The van der Waals surface area contributed by atoms with Crippen LogP contribution in [0.3, 0.4) is 0 Å². The van der Waals surface area contributed by atoms with Crippen molar-refractivity contribution in [2.24, 2.45) is 7.05 Å². The largest absolute Gasteiger partial charge is 0.508 e. The van der Waals surface area contributed by atoms with Gasteiger partial charge in [0.15, 0.2) is 5.78 Å². The Hall–Kier alpha value is -1.95. The number of phenolic OH excluding ortho intramolecular Hbond substituents is 2. The van der Waals surface area contributed by atoms with E-state index < -0.39 is 0 Å².